The molecule has 0 aromatic heterocycles. The Labute approximate surface area is 131 Å². The van der Waals surface area contributed by atoms with Crippen LogP contribution in [-0.2, 0) is 6.42 Å². The maximum absolute atomic E-state index is 12.8. The molecular formula is C19H22FNO. The van der Waals surface area contributed by atoms with Crippen LogP contribution in [0.3, 0.4) is 0 Å². The molecule has 3 heteroatoms. The summed E-state index contributed by atoms with van der Waals surface area (Å²) < 4.78 is 12.8. The van der Waals surface area contributed by atoms with Gasteiger partial charge in [0.25, 0.3) is 0 Å². The fourth-order valence-electron chi connectivity index (χ4n) is 2.24. The van der Waals surface area contributed by atoms with Gasteiger partial charge in [-0.15, -0.1) is 0 Å². The van der Waals surface area contributed by atoms with Crippen molar-refractivity contribution in [3.05, 3.63) is 71.0 Å². The lowest BCUT2D eigenvalue weighted by atomic mass is 10.0. The van der Waals surface area contributed by atoms with Crippen LogP contribution in [0, 0.1) is 5.82 Å². The van der Waals surface area contributed by atoms with Gasteiger partial charge in [-0.05, 0) is 42.1 Å². The van der Waals surface area contributed by atoms with Crippen molar-refractivity contribution < 1.29 is 9.18 Å². The van der Waals surface area contributed by atoms with E-state index in [0.29, 0.717) is 19.0 Å². The molecule has 2 nitrogen and oxygen atoms in total. The molecule has 0 spiro atoms. The molecule has 0 aliphatic heterocycles. The zero-order chi connectivity index (χ0) is 15.9. The SMILES string of the molecule is CC(C)c1ccc(C(=O)CNCCc2ccc(F)cc2)cc1. The van der Waals surface area contributed by atoms with Gasteiger partial charge in [0.1, 0.15) is 5.82 Å². The average Bonchev–Trinajstić information content (AvgIpc) is 2.53. The van der Waals surface area contributed by atoms with Crippen molar-refractivity contribution in [2.45, 2.75) is 26.2 Å². The Bertz CT molecular complexity index is 602. The lowest BCUT2D eigenvalue weighted by Crippen LogP contribution is -2.25. The molecule has 2 aromatic carbocycles. The highest BCUT2D eigenvalue weighted by atomic mass is 19.1. The third-order valence-corrected chi connectivity index (χ3v) is 3.69. The fourth-order valence-corrected chi connectivity index (χ4v) is 2.24. The molecule has 0 unspecified atom stereocenters. The Kier molecular flexibility index (Phi) is 5.84. The summed E-state index contributed by atoms with van der Waals surface area (Å²) in [6.07, 6.45) is 0.778. The molecule has 0 saturated carbocycles. The molecule has 0 saturated heterocycles. The van der Waals surface area contributed by atoms with Crippen LogP contribution >= 0.6 is 0 Å². The Morgan fingerprint density at radius 2 is 1.68 bits per heavy atom. The number of ketones is 1. The normalized spacial score (nSPS) is 10.9. The van der Waals surface area contributed by atoms with Crippen LogP contribution in [0.2, 0.25) is 0 Å². The quantitative estimate of drug-likeness (QED) is 0.619. The summed E-state index contributed by atoms with van der Waals surface area (Å²) in [5.74, 6) is 0.337. The van der Waals surface area contributed by atoms with Crippen molar-refractivity contribution in [3.63, 3.8) is 0 Å². The van der Waals surface area contributed by atoms with E-state index in [9.17, 15) is 9.18 Å². The Morgan fingerprint density at radius 1 is 1.05 bits per heavy atom. The number of carbonyl (C=O) groups is 1. The molecule has 0 fully saturated rings. The largest absolute Gasteiger partial charge is 0.309 e. The molecule has 0 bridgehead atoms. The minimum Gasteiger partial charge on any atom is -0.309 e. The minimum atomic E-state index is -0.225. The van der Waals surface area contributed by atoms with E-state index in [0.717, 1.165) is 17.5 Å². The number of hydrogen-bond donors (Lipinski definition) is 1. The molecule has 2 aromatic rings. The number of Topliss-reactive ketones (excluding diaryl/α,β-unsaturated/α-hetero) is 1. The van der Waals surface area contributed by atoms with Crippen molar-refractivity contribution >= 4 is 5.78 Å². The van der Waals surface area contributed by atoms with E-state index in [1.54, 1.807) is 12.1 Å². The standard InChI is InChI=1S/C19H22FNO/c1-14(2)16-5-7-17(8-6-16)19(22)13-21-12-11-15-3-9-18(20)10-4-15/h3-10,14,21H,11-13H2,1-2H3. The van der Waals surface area contributed by atoms with Crippen LogP contribution in [0.4, 0.5) is 4.39 Å². The van der Waals surface area contributed by atoms with Crippen LogP contribution < -0.4 is 5.32 Å². The van der Waals surface area contributed by atoms with Crippen molar-refractivity contribution in [2.75, 3.05) is 13.1 Å². The summed E-state index contributed by atoms with van der Waals surface area (Å²) in [5, 5.41) is 3.14. The van der Waals surface area contributed by atoms with Gasteiger partial charge in [0, 0.05) is 5.56 Å². The first kappa shape index (κ1) is 16.4. The molecule has 0 aliphatic carbocycles. The van der Waals surface area contributed by atoms with Gasteiger partial charge in [0.05, 0.1) is 6.54 Å². The molecule has 0 heterocycles. The molecular weight excluding hydrogens is 277 g/mol. The summed E-state index contributed by atoms with van der Waals surface area (Å²) in [5.41, 5.74) is 3.03. The summed E-state index contributed by atoms with van der Waals surface area (Å²) in [7, 11) is 0. The molecule has 1 N–H and O–H groups in total. The Hall–Kier alpha value is -2.00. The predicted octanol–water partition coefficient (Wildman–Crippen LogP) is 3.96. The first-order chi connectivity index (χ1) is 10.6. The smallest absolute Gasteiger partial charge is 0.176 e. The topological polar surface area (TPSA) is 29.1 Å². The van der Waals surface area contributed by atoms with E-state index in [4.69, 9.17) is 0 Å². The van der Waals surface area contributed by atoms with Gasteiger partial charge in [0.2, 0.25) is 0 Å². The van der Waals surface area contributed by atoms with E-state index in [2.05, 4.69) is 19.2 Å². The summed E-state index contributed by atoms with van der Waals surface area (Å²) in [6, 6.07) is 14.2. The monoisotopic (exact) mass is 299 g/mol. The Balaban J connectivity index is 1.76. The zero-order valence-corrected chi connectivity index (χ0v) is 13.1. The van der Waals surface area contributed by atoms with Crippen LogP contribution in [0.15, 0.2) is 48.5 Å². The van der Waals surface area contributed by atoms with Crippen molar-refractivity contribution in [2.24, 2.45) is 0 Å². The van der Waals surface area contributed by atoms with Gasteiger partial charge >= 0.3 is 0 Å². The number of hydrogen-bond acceptors (Lipinski definition) is 2. The second-order valence-corrected chi connectivity index (χ2v) is 5.75. The van der Waals surface area contributed by atoms with Crippen LogP contribution in [-0.4, -0.2) is 18.9 Å². The van der Waals surface area contributed by atoms with Gasteiger partial charge < -0.3 is 5.32 Å². The molecule has 0 amide bonds. The van der Waals surface area contributed by atoms with Crippen LogP contribution in [0.1, 0.15) is 41.3 Å². The molecule has 0 radical (unpaired) electrons. The van der Waals surface area contributed by atoms with Crippen molar-refractivity contribution in [3.8, 4) is 0 Å². The highest BCUT2D eigenvalue weighted by molar-refractivity contribution is 5.97. The van der Waals surface area contributed by atoms with E-state index >= 15 is 0 Å². The van der Waals surface area contributed by atoms with E-state index in [1.165, 1.54) is 17.7 Å². The maximum atomic E-state index is 12.8. The molecule has 116 valence electrons. The van der Waals surface area contributed by atoms with Crippen LogP contribution in [0.25, 0.3) is 0 Å². The average molecular weight is 299 g/mol. The first-order valence-electron chi connectivity index (χ1n) is 7.64. The second kappa shape index (κ2) is 7.85. The lowest BCUT2D eigenvalue weighted by molar-refractivity contribution is 0.0991. The molecule has 0 atom stereocenters. The van der Waals surface area contributed by atoms with Crippen molar-refractivity contribution in [1.29, 1.82) is 0 Å². The van der Waals surface area contributed by atoms with Gasteiger partial charge in [-0.25, -0.2) is 4.39 Å². The predicted molar refractivity (Wildman–Crippen MR) is 87.8 cm³/mol. The van der Waals surface area contributed by atoms with Gasteiger partial charge in [-0.1, -0.05) is 50.2 Å². The third kappa shape index (κ3) is 4.78. The first-order valence-corrected chi connectivity index (χ1v) is 7.64. The summed E-state index contributed by atoms with van der Waals surface area (Å²) >= 11 is 0. The van der Waals surface area contributed by atoms with Gasteiger partial charge in [-0.3, -0.25) is 4.79 Å². The fraction of sp³-hybridized carbons (Fsp3) is 0.316. The van der Waals surface area contributed by atoms with E-state index < -0.39 is 0 Å². The van der Waals surface area contributed by atoms with Crippen molar-refractivity contribution in [1.82, 2.24) is 5.32 Å². The zero-order valence-electron chi connectivity index (χ0n) is 13.1. The number of halogens is 1. The molecule has 0 aliphatic rings. The number of benzene rings is 2. The number of nitrogens with one attached hydrogen (secondary N) is 1. The highest BCUT2D eigenvalue weighted by Gasteiger charge is 2.06. The molecule has 22 heavy (non-hydrogen) atoms. The highest BCUT2D eigenvalue weighted by Crippen LogP contribution is 2.14. The van der Waals surface area contributed by atoms with Crippen LogP contribution in [0.5, 0.6) is 0 Å². The Morgan fingerprint density at radius 3 is 2.27 bits per heavy atom. The lowest BCUT2D eigenvalue weighted by Gasteiger charge is -2.07. The third-order valence-electron chi connectivity index (χ3n) is 3.69. The summed E-state index contributed by atoms with van der Waals surface area (Å²) in [4.78, 5) is 12.1. The number of rotatable bonds is 7. The maximum Gasteiger partial charge on any atom is 0.176 e. The van der Waals surface area contributed by atoms with E-state index in [1.807, 2.05) is 24.3 Å². The molecule has 2 rings (SSSR count). The number of carbonyl (C=O) groups excluding carboxylic acids is 1. The van der Waals surface area contributed by atoms with E-state index in [-0.39, 0.29) is 11.6 Å². The van der Waals surface area contributed by atoms with Gasteiger partial charge in [-0.2, -0.15) is 0 Å². The minimum absolute atomic E-state index is 0.0920. The second-order valence-electron chi connectivity index (χ2n) is 5.75. The summed E-state index contributed by atoms with van der Waals surface area (Å²) in [6.45, 7) is 5.28. The van der Waals surface area contributed by atoms with Gasteiger partial charge in [0.15, 0.2) is 5.78 Å².